The van der Waals surface area contributed by atoms with E-state index in [-0.39, 0.29) is 18.0 Å². The van der Waals surface area contributed by atoms with Gasteiger partial charge in [0.1, 0.15) is 5.39 Å². The highest BCUT2D eigenvalue weighted by atomic mass is 16.1. The SMILES string of the molecule is C=CCn1c(=O)c2cnc(Nc3ccc(N4CCN(C)CC4)cc3)nc2n1-c1cccc(NC(C)=O)c1. The molecule has 1 fully saturated rings. The summed E-state index contributed by atoms with van der Waals surface area (Å²) < 4.78 is 3.28. The summed E-state index contributed by atoms with van der Waals surface area (Å²) >= 11 is 0. The van der Waals surface area contributed by atoms with Gasteiger partial charge < -0.3 is 20.4 Å². The van der Waals surface area contributed by atoms with Crippen LogP contribution in [0.25, 0.3) is 16.7 Å². The van der Waals surface area contributed by atoms with Crippen LogP contribution < -0.4 is 21.1 Å². The minimum atomic E-state index is -0.220. The number of piperazine rings is 1. The van der Waals surface area contributed by atoms with Crippen molar-refractivity contribution >= 4 is 40.0 Å². The molecule has 0 unspecified atom stereocenters. The summed E-state index contributed by atoms with van der Waals surface area (Å²) in [4.78, 5) is 38.6. The van der Waals surface area contributed by atoms with Crippen LogP contribution in [-0.4, -0.2) is 63.4 Å². The summed E-state index contributed by atoms with van der Waals surface area (Å²) in [5.74, 6) is 0.202. The zero-order chi connectivity index (χ0) is 25.9. The van der Waals surface area contributed by atoms with E-state index < -0.39 is 0 Å². The van der Waals surface area contributed by atoms with E-state index in [0.717, 1.165) is 31.9 Å². The number of likely N-dealkylation sites (N-methyl/N-ethyl adjacent to an activating group) is 1. The Kier molecular flexibility index (Phi) is 6.74. The van der Waals surface area contributed by atoms with Crippen molar-refractivity contribution in [3.63, 3.8) is 0 Å². The standard InChI is InChI=1S/C27H30N8O2/c1-4-12-34-26(37)24-18-28-27(30-20-8-10-22(11-9-20)33-15-13-32(3)14-16-33)31-25(24)35(34)23-7-5-6-21(17-23)29-19(2)36/h4-11,17-18H,1,12-16H2,2-3H3,(H,29,36)(H,28,30,31). The zero-order valence-electron chi connectivity index (χ0n) is 21.0. The van der Waals surface area contributed by atoms with Gasteiger partial charge in [-0.3, -0.25) is 9.59 Å². The van der Waals surface area contributed by atoms with Gasteiger partial charge in [-0.25, -0.2) is 14.3 Å². The number of nitrogens with one attached hydrogen (secondary N) is 2. The Hall–Kier alpha value is -4.44. The lowest BCUT2D eigenvalue weighted by Gasteiger charge is -2.34. The number of allylic oxidation sites excluding steroid dienone is 1. The third kappa shape index (κ3) is 5.10. The second kappa shape index (κ2) is 10.3. The maximum absolute atomic E-state index is 13.2. The molecular weight excluding hydrogens is 468 g/mol. The Labute approximate surface area is 214 Å². The fourth-order valence-electron chi connectivity index (χ4n) is 4.51. The molecule has 1 saturated heterocycles. The van der Waals surface area contributed by atoms with Crippen LogP contribution in [0.3, 0.4) is 0 Å². The molecular formula is C27H30N8O2. The van der Waals surface area contributed by atoms with E-state index in [0.29, 0.717) is 28.4 Å². The van der Waals surface area contributed by atoms with Crippen molar-refractivity contribution in [2.75, 3.05) is 48.8 Å². The van der Waals surface area contributed by atoms with Gasteiger partial charge in [-0.2, -0.15) is 4.98 Å². The number of aromatic nitrogens is 4. The molecule has 10 heteroatoms. The first-order chi connectivity index (χ1) is 17.9. The number of benzene rings is 2. The van der Waals surface area contributed by atoms with Crippen molar-refractivity contribution in [2.45, 2.75) is 13.5 Å². The first kappa shape index (κ1) is 24.3. The summed E-state index contributed by atoms with van der Waals surface area (Å²) in [6.45, 7) is 9.64. The first-order valence-electron chi connectivity index (χ1n) is 12.2. The molecule has 1 aliphatic heterocycles. The highest BCUT2D eigenvalue weighted by Crippen LogP contribution is 2.23. The molecule has 0 aliphatic carbocycles. The average molecular weight is 499 g/mol. The lowest BCUT2D eigenvalue weighted by molar-refractivity contribution is -0.114. The van der Waals surface area contributed by atoms with Gasteiger partial charge in [0.2, 0.25) is 11.9 Å². The van der Waals surface area contributed by atoms with E-state index in [9.17, 15) is 9.59 Å². The Morgan fingerprint density at radius 2 is 1.81 bits per heavy atom. The number of anilines is 4. The topological polar surface area (TPSA) is 100 Å². The van der Waals surface area contributed by atoms with Crippen molar-refractivity contribution in [3.8, 4) is 5.69 Å². The second-order valence-corrected chi connectivity index (χ2v) is 9.11. The van der Waals surface area contributed by atoms with Gasteiger partial charge >= 0.3 is 0 Å². The van der Waals surface area contributed by atoms with E-state index in [1.54, 1.807) is 33.8 Å². The Morgan fingerprint density at radius 1 is 1.05 bits per heavy atom. The van der Waals surface area contributed by atoms with Crippen LogP contribution >= 0.6 is 0 Å². The van der Waals surface area contributed by atoms with Crippen LogP contribution in [-0.2, 0) is 11.3 Å². The van der Waals surface area contributed by atoms with Gasteiger partial charge in [0.05, 0.1) is 12.2 Å². The maximum Gasteiger partial charge on any atom is 0.278 e. The molecule has 1 aliphatic rings. The number of hydrogen-bond donors (Lipinski definition) is 2. The van der Waals surface area contributed by atoms with Crippen molar-refractivity contribution in [3.05, 3.63) is 77.7 Å². The highest BCUT2D eigenvalue weighted by Gasteiger charge is 2.18. The normalized spacial score (nSPS) is 14.1. The minimum absolute atomic E-state index is 0.176. The molecule has 3 heterocycles. The van der Waals surface area contributed by atoms with Crippen LogP contribution in [0.1, 0.15) is 6.92 Å². The Bertz CT molecular complexity index is 1500. The number of carbonyl (C=O) groups is 1. The summed E-state index contributed by atoms with van der Waals surface area (Å²) in [5, 5.41) is 6.44. The molecule has 10 nitrogen and oxygen atoms in total. The van der Waals surface area contributed by atoms with Gasteiger partial charge in [0.25, 0.3) is 5.56 Å². The minimum Gasteiger partial charge on any atom is -0.369 e. The molecule has 0 atom stereocenters. The smallest absolute Gasteiger partial charge is 0.278 e. The van der Waals surface area contributed by atoms with E-state index >= 15 is 0 Å². The summed E-state index contributed by atoms with van der Waals surface area (Å²) in [7, 11) is 2.14. The molecule has 0 bridgehead atoms. The van der Waals surface area contributed by atoms with E-state index in [1.807, 2.05) is 24.3 Å². The van der Waals surface area contributed by atoms with Crippen LogP contribution in [0.2, 0.25) is 0 Å². The predicted octanol–water partition coefficient (Wildman–Crippen LogP) is 3.22. The monoisotopic (exact) mass is 498 g/mol. The van der Waals surface area contributed by atoms with Crippen molar-refractivity contribution in [1.29, 1.82) is 0 Å². The summed E-state index contributed by atoms with van der Waals surface area (Å²) in [5.41, 5.74) is 3.58. The molecule has 4 aromatic rings. The molecule has 37 heavy (non-hydrogen) atoms. The molecule has 190 valence electrons. The van der Waals surface area contributed by atoms with Crippen molar-refractivity contribution < 1.29 is 4.79 Å². The highest BCUT2D eigenvalue weighted by molar-refractivity contribution is 5.89. The van der Waals surface area contributed by atoms with Gasteiger partial charge in [0, 0.05) is 56.4 Å². The molecule has 5 rings (SSSR count). The third-order valence-corrected chi connectivity index (χ3v) is 6.38. The first-order valence-corrected chi connectivity index (χ1v) is 12.2. The number of rotatable bonds is 7. The van der Waals surface area contributed by atoms with Crippen LogP contribution in [0.5, 0.6) is 0 Å². The van der Waals surface area contributed by atoms with Gasteiger partial charge in [-0.05, 0) is 49.5 Å². The third-order valence-electron chi connectivity index (χ3n) is 6.38. The molecule has 0 radical (unpaired) electrons. The van der Waals surface area contributed by atoms with Crippen LogP contribution in [0, 0.1) is 0 Å². The quantitative estimate of drug-likeness (QED) is 0.378. The lowest BCUT2D eigenvalue weighted by Crippen LogP contribution is -2.44. The van der Waals surface area contributed by atoms with E-state index in [1.165, 1.54) is 12.6 Å². The van der Waals surface area contributed by atoms with Gasteiger partial charge in [-0.1, -0.05) is 12.1 Å². The van der Waals surface area contributed by atoms with Gasteiger partial charge in [0.15, 0.2) is 5.65 Å². The van der Waals surface area contributed by atoms with E-state index in [4.69, 9.17) is 4.98 Å². The number of carbonyl (C=O) groups excluding carboxylic acids is 1. The molecule has 0 spiro atoms. The number of fused-ring (bicyclic) bond motifs is 1. The zero-order valence-corrected chi connectivity index (χ0v) is 21.0. The fraction of sp³-hybridized carbons (Fsp3) is 0.259. The fourth-order valence-corrected chi connectivity index (χ4v) is 4.51. The number of hydrogen-bond acceptors (Lipinski definition) is 7. The predicted molar refractivity (Wildman–Crippen MR) is 147 cm³/mol. The summed E-state index contributed by atoms with van der Waals surface area (Å²) in [6, 6.07) is 15.5. The largest absolute Gasteiger partial charge is 0.369 e. The maximum atomic E-state index is 13.2. The molecule has 1 amide bonds. The average Bonchev–Trinajstić information content (AvgIpc) is 3.16. The lowest BCUT2D eigenvalue weighted by atomic mass is 10.2. The van der Waals surface area contributed by atoms with E-state index in [2.05, 4.69) is 51.2 Å². The van der Waals surface area contributed by atoms with Crippen LogP contribution in [0.4, 0.5) is 23.0 Å². The Balaban J connectivity index is 1.48. The second-order valence-electron chi connectivity index (χ2n) is 9.11. The Morgan fingerprint density at radius 3 is 2.51 bits per heavy atom. The van der Waals surface area contributed by atoms with Crippen molar-refractivity contribution in [1.82, 2.24) is 24.2 Å². The number of amides is 1. The number of nitrogens with zero attached hydrogens (tertiary/aromatic N) is 6. The molecule has 2 aromatic carbocycles. The summed E-state index contributed by atoms with van der Waals surface area (Å²) in [6.07, 6.45) is 3.20. The molecule has 2 N–H and O–H groups in total. The molecule has 2 aromatic heterocycles. The van der Waals surface area contributed by atoms with Gasteiger partial charge in [-0.15, -0.1) is 6.58 Å². The van der Waals surface area contributed by atoms with Crippen LogP contribution in [0.15, 0.2) is 72.2 Å². The molecule has 0 saturated carbocycles. The van der Waals surface area contributed by atoms with Crippen molar-refractivity contribution in [2.24, 2.45) is 0 Å².